The lowest BCUT2D eigenvalue weighted by atomic mass is 10.00. The molecule has 1 saturated heterocycles. The highest BCUT2D eigenvalue weighted by Gasteiger charge is 2.37. The number of aromatic carboxylic acids is 1. The molecule has 0 saturated carbocycles. The zero-order valence-corrected chi connectivity index (χ0v) is 17.4. The molecule has 1 aliphatic heterocycles. The molecule has 1 aliphatic rings. The van der Waals surface area contributed by atoms with E-state index in [1.54, 1.807) is 23.1 Å². The van der Waals surface area contributed by atoms with Gasteiger partial charge < -0.3 is 5.11 Å². The van der Waals surface area contributed by atoms with E-state index in [9.17, 15) is 9.59 Å². The molecule has 6 heteroatoms. The molecule has 0 radical (unpaired) electrons. The van der Waals surface area contributed by atoms with Crippen LogP contribution in [0.1, 0.15) is 41.3 Å². The number of carbonyl (C=O) groups is 2. The number of aliphatic imine (C=N–C) groups is 1. The summed E-state index contributed by atoms with van der Waals surface area (Å²) in [7, 11) is 0. The maximum Gasteiger partial charge on any atom is 0.335 e. The lowest BCUT2D eigenvalue weighted by Gasteiger charge is -2.14. The largest absolute Gasteiger partial charge is 0.478 e. The molecule has 1 fully saturated rings. The van der Waals surface area contributed by atoms with Crippen molar-refractivity contribution in [2.45, 2.75) is 31.4 Å². The Morgan fingerprint density at radius 2 is 1.86 bits per heavy atom. The van der Waals surface area contributed by atoms with E-state index in [0.717, 1.165) is 5.56 Å². The lowest BCUT2D eigenvalue weighted by molar-refractivity contribution is -0.125. The first kappa shape index (κ1) is 20.9. The number of benzene rings is 2. The van der Waals surface area contributed by atoms with Crippen LogP contribution in [-0.4, -0.2) is 38.8 Å². The summed E-state index contributed by atoms with van der Waals surface area (Å²) in [6.45, 7) is 8.45. The minimum atomic E-state index is -0.980. The Labute approximate surface area is 175 Å². The zero-order chi connectivity index (χ0) is 21.0. The van der Waals surface area contributed by atoms with Gasteiger partial charge in [-0.3, -0.25) is 9.69 Å². The van der Waals surface area contributed by atoms with Crippen LogP contribution in [0, 0.1) is 0 Å². The van der Waals surface area contributed by atoms with Crippen molar-refractivity contribution in [3.05, 3.63) is 77.9 Å². The standard InChI is InChI=1S/C23H24N2O3S/c1-4-13-25-21(26)20(14-16-5-7-17(8-6-16)15(2)3)29-23(25)24-19-11-9-18(10-12-19)22(27)28/h4-12,15,20H,1,13-14H2,2-3H3,(H,27,28). The summed E-state index contributed by atoms with van der Waals surface area (Å²) in [5.41, 5.74) is 3.21. The summed E-state index contributed by atoms with van der Waals surface area (Å²) >= 11 is 1.44. The Bertz CT molecular complexity index is 934. The number of carboxylic acid groups (broad SMARTS) is 1. The van der Waals surface area contributed by atoms with Crippen LogP contribution >= 0.6 is 11.8 Å². The molecule has 0 bridgehead atoms. The monoisotopic (exact) mass is 408 g/mol. The Balaban J connectivity index is 1.80. The van der Waals surface area contributed by atoms with Gasteiger partial charge in [0, 0.05) is 6.54 Å². The van der Waals surface area contributed by atoms with E-state index in [2.05, 4.69) is 49.7 Å². The van der Waals surface area contributed by atoms with E-state index in [0.29, 0.717) is 29.7 Å². The van der Waals surface area contributed by atoms with Crippen LogP contribution in [0.2, 0.25) is 0 Å². The molecule has 3 rings (SSSR count). The smallest absolute Gasteiger partial charge is 0.335 e. The number of hydrogen-bond acceptors (Lipinski definition) is 4. The fourth-order valence-corrected chi connectivity index (χ4v) is 4.27. The first-order valence-corrected chi connectivity index (χ1v) is 10.4. The van der Waals surface area contributed by atoms with Gasteiger partial charge in [0.15, 0.2) is 5.17 Å². The van der Waals surface area contributed by atoms with Crippen molar-refractivity contribution in [1.29, 1.82) is 0 Å². The van der Waals surface area contributed by atoms with Crippen molar-refractivity contribution in [2.24, 2.45) is 4.99 Å². The van der Waals surface area contributed by atoms with Gasteiger partial charge in [-0.05, 0) is 47.7 Å². The summed E-state index contributed by atoms with van der Waals surface area (Å²) in [4.78, 5) is 30.1. The number of thioether (sulfide) groups is 1. The molecule has 2 aromatic rings. The van der Waals surface area contributed by atoms with E-state index in [1.165, 1.54) is 29.5 Å². The number of nitrogens with zero attached hydrogens (tertiary/aromatic N) is 2. The summed E-state index contributed by atoms with van der Waals surface area (Å²) in [6, 6.07) is 14.7. The third kappa shape index (κ3) is 4.95. The Hall–Kier alpha value is -2.86. The second kappa shape index (κ2) is 9.09. The van der Waals surface area contributed by atoms with Gasteiger partial charge in [-0.15, -0.1) is 6.58 Å². The number of amides is 1. The van der Waals surface area contributed by atoms with Crippen LogP contribution in [0.3, 0.4) is 0 Å². The maximum absolute atomic E-state index is 12.9. The van der Waals surface area contributed by atoms with Gasteiger partial charge in [0.25, 0.3) is 0 Å². The first-order valence-electron chi connectivity index (χ1n) is 9.49. The number of rotatable bonds is 7. The topological polar surface area (TPSA) is 70.0 Å². The van der Waals surface area contributed by atoms with Crippen LogP contribution < -0.4 is 0 Å². The molecule has 1 unspecified atom stereocenters. The van der Waals surface area contributed by atoms with E-state index in [-0.39, 0.29) is 16.7 Å². The molecule has 2 aromatic carbocycles. The van der Waals surface area contributed by atoms with Gasteiger partial charge in [0.1, 0.15) is 0 Å². The van der Waals surface area contributed by atoms with Crippen LogP contribution in [0.15, 0.2) is 66.2 Å². The van der Waals surface area contributed by atoms with Gasteiger partial charge in [0.2, 0.25) is 5.91 Å². The minimum Gasteiger partial charge on any atom is -0.478 e. The maximum atomic E-state index is 12.9. The van der Waals surface area contributed by atoms with E-state index >= 15 is 0 Å². The fraction of sp³-hybridized carbons (Fsp3) is 0.261. The second-order valence-electron chi connectivity index (χ2n) is 7.19. The molecule has 0 aliphatic carbocycles. The summed E-state index contributed by atoms with van der Waals surface area (Å²) in [6.07, 6.45) is 2.31. The van der Waals surface area contributed by atoms with Crippen molar-refractivity contribution < 1.29 is 14.7 Å². The van der Waals surface area contributed by atoms with Crippen LogP contribution in [-0.2, 0) is 11.2 Å². The molecular weight excluding hydrogens is 384 g/mol. The molecule has 0 spiro atoms. The van der Waals surface area contributed by atoms with Crippen molar-refractivity contribution in [2.75, 3.05) is 6.54 Å². The predicted octanol–water partition coefficient (Wildman–Crippen LogP) is 4.87. The van der Waals surface area contributed by atoms with Gasteiger partial charge in [-0.2, -0.15) is 0 Å². The molecule has 29 heavy (non-hydrogen) atoms. The molecule has 150 valence electrons. The van der Waals surface area contributed by atoms with Crippen LogP contribution in [0.25, 0.3) is 0 Å². The Morgan fingerprint density at radius 1 is 1.21 bits per heavy atom. The highest BCUT2D eigenvalue weighted by molar-refractivity contribution is 8.15. The predicted molar refractivity (Wildman–Crippen MR) is 118 cm³/mol. The van der Waals surface area contributed by atoms with Crippen LogP contribution in [0.4, 0.5) is 5.69 Å². The van der Waals surface area contributed by atoms with E-state index < -0.39 is 5.97 Å². The lowest BCUT2D eigenvalue weighted by Crippen LogP contribution is -2.32. The molecule has 5 nitrogen and oxygen atoms in total. The fourth-order valence-electron chi connectivity index (χ4n) is 3.06. The number of carbonyl (C=O) groups excluding carboxylic acids is 1. The third-order valence-corrected chi connectivity index (χ3v) is 5.91. The average molecular weight is 409 g/mol. The second-order valence-corrected chi connectivity index (χ2v) is 8.36. The quantitative estimate of drug-likeness (QED) is 0.664. The average Bonchev–Trinajstić information content (AvgIpc) is 2.98. The molecule has 1 heterocycles. The highest BCUT2D eigenvalue weighted by Crippen LogP contribution is 2.32. The molecule has 1 amide bonds. The van der Waals surface area contributed by atoms with Crippen molar-refractivity contribution in [1.82, 2.24) is 4.90 Å². The van der Waals surface area contributed by atoms with Crippen molar-refractivity contribution in [3.63, 3.8) is 0 Å². The zero-order valence-electron chi connectivity index (χ0n) is 16.5. The van der Waals surface area contributed by atoms with E-state index in [4.69, 9.17) is 5.11 Å². The van der Waals surface area contributed by atoms with Gasteiger partial charge in [-0.25, -0.2) is 9.79 Å². The van der Waals surface area contributed by atoms with Crippen LogP contribution in [0.5, 0.6) is 0 Å². The first-order chi connectivity index (χ1) is 13.9. The number of carboxylic acids is 1. The Morgan fingerprint density at radius 3 is 2.41 bits per heavy atom. The van der Waals surface area contributed by atoms with Crippen molar-refractivity contribution >= 4 is 34.5 Å². The summed E-state index contributed by atoms with van der Waals surface area (Å²) < 4.78 is 0. The normalized spacial score (nSPS) is 17.9. The summed E-state index contributed by atoms with van der Waals surface area (Å²) in [5.74, 6) is -0.490. The molecule has 1 N–H and O–H groups in total. The number of hydrogen-bond donors (Lipinski definition) is 1. The molecule has 1 atom stereocenters. The van der Waals surface area contributed by atoms with Gasteiger partial charge in [-0.1, -0.05) is 56.0 Å². The van der Waals surface area contributed by atoms with Gasteiger partial charge in [0.05, 0.1) is 16.5 Å². The number of amidine groups is 1. The molecule has 0 aromatic heterocycles. The third-order valence-electron chi connectivity index (χ3n) is 4.74. The van der Waals surface area contributed by atoms with Gasteiger partial charge >= 0.3 is 5.97 Å². The Kier molecular flexibility index (Phi) is 6.54. The highest BCUT2D eigenvalue weighted by atomic mass is 32.2. The van der Waals surface area contributed by atoms with E-state index in [1.807, 2.05) is 0 Å². The SMILES string of the molecule is C=CCN1C(=O)C(Cc2ccc(C(C)C)cc2)SC1=Nc1ccc(C(=O)O)cc1. The summed E-state index contributed by atoms with van der Waals surface area (Å²) in [5, 5.41) is 9.40. The molecular formula is C23H24N2O3S. The van der Waals surface area contributed by atoms with Crippen molar-refractivity contribution in [3.8, 4) is 0 Å². The minimum absolute atomic E-state index is 0.0174.